The molecule has 0 radical (unpaired) electrons. The normalized spacial score (nSPS) is 18.2. The van der Waals surface area contributed by atoms with E-state index in [9.17, 15) is 0 Å². The van der Waals surface area contributed by atoms with Gasteiger partial charge in [-0.3, -0.25) is 0 Å². The van der Waals surface area contributed by atoms with Gasteiger partial charge in [0, 0.05) is 13.2 Å². The Morgan fingerprint density at radius 3 is 1.79 bits per heavy atom. The smallest absolute Gasteiger partial charge is 0.0635 e. The van der Waals surface area contributed by atoms with E-state index in [2.05, 4.69) is 41.5 Å². The molecular formula is C17H36OSi. The Hall–Kier alpha value is 0.177. The summed E-state index contributed by atoms with van der Waals surface area (Å²) in [4.78, 5) is 0. The molecule has 2 heteroatoms. The van der Waals surface area contributed by atoms with Gasteiger partial charge < -0.3 is 4.74 Å². The molecule has 0 bridgehead atoms. The lowest BCUT2D eigenvalue weighted by Crippen LogP contribution is -2.45. The maximum atomic E-state index is 6.06. The van der Waals surface area contributed by atoms with Crippen LogP contribution < -0.4 is 0 Å². The Bertz CT molecular complexity index is 220. The topological polar surface area (TPSA) is 9.23 Å². The zero-order valence-corrected chi connectivity index (χ0v) is 15.2. The average molecular weight is 285 g/mol. The summed E-state index contributed by atoms with van der Waals surface area (Å²) in [6, 6.07) is 1.35. The number of hydrogen-bond acceptors (Lipinski definition) is 1. The first-order valence-electron chi connectivity index (χ1n) is 8.49. The minimum atomic E-state index is -1.23. The third-order valence-electron chi connectivity index (χ3n) is 5.73. The predicted molar refractivity (Wildman–Crippen MR) is 88.6 cm³/mol. The molecule has 0 aromatic heterocycles. The first-order chi connectivity index (χ1) is 8.91. The van der Waals surface area contributed by atoms with Crippen molar-refractivity contribution in [3.8, 4) is 0 Å². The van der Waals surface area contributed by atoms with Crippen LogP contribution in [0.3, 0.4) is 0 Å². The second kappa shape index (κ2) is 7.83. The molecule has 0 amide bonds. The first-order valence-corrected chi connectivity index (χ1v) is 10.9. The highest BCUT2D eigenvalue weighted by atomic mass is 28.3. The van der Waals surface area contributed by atoms with Gasteiger partial charge in [-0.05, 0) is 24.8 Å². The summed E-state index contributed by atoms with van der Waals surface area (Å²) in [5, 5.41) is 0. The maximum absolute atomic E-state index is 6.06. The molecule has 114 valence electrons. The molecule has 0 aromatic carbocycles. The van der Waals surface area contributed by atoms with E-state index in [-0.39, 0.29) is 0 Å². The maximum Gasteiger partial charge on any atom is 0.0635 e. The second-order valence-corrected chi connectivity index (χ2v) is 13.7. The summed E-state index contributed by atoms with van der Waals surface area (Å²) in [6.45, 7) is 16.7. The summed E-state index contributed by atoms with van der Waals surface area (Å²) in [6.07, 6.45) is 5.66. The Morgan fingerprint density at radius 2 is 1.37 bits per heavy atom. The largest absolute Gasteiger partial charge is 0.381 e. The highest BCUT2D eigenvalue weighted by Gasteiger charge is 2.41. The van der Waals surface area contributed by atoms with Gasteiger partial charge in [0.25, 0.3) is 0 Å². The van der Waals surface area contributed by atoms with Crippen LogP contribution in [0.2, 0.25) is 22.7 Å². The van der Waals surface area contributed by atoms with E-state index in [1.807, 2.05) is 0 Å². The molecule has 1 fully saturated rings. The van der Waals surface area contributed by atoms with E-state index < -0.39 is 8.07 Å². The van der Waals surface area contributed by atoms with Gasteiger partial charge >= 0.3 is 0 Å². The molecule has 1 saturated carbocycles. The van der Waals surface area contributed by atoms with Crippen molar-refractivity contribution in [1.29, 1.82) is 0 Å². The predicted octanol–water partition coefficient (Wildman–Crippen LogP) is 5.87. The van der Waals surface area contributed by atoms with E-state index in [0.717, 1.165) is 35.8 Å². The summed E-state index contributed by atoms with van der Waals surface area (Å²) in [7, 11) is -1.23. The van der Waals surface area contributed by atoms with Gasteiger partial charge in [0.15, 0.2) is 0 Å². The molecule has 19 heavy (non-hydrogen) atoms. The Kier molecular flexibility index (Phi) is 7.10. The summed E-state index contributed by atoms with van der Waals surface area (Å²) in [5.41, 5.74) is 2.59. The summed E-state index contributed by atoms with van der Waals surface area (Å²) in [5.74, 6) is 0.869. The van der Waals surface area contributed by atoms with E-state index in [0.29, 0.717) is 0 Å². The number of ether oxygens (including phenoxy) is 1. The lowest BCUT2D eigenvalue weighted by Gasteiger charge is -2.43. The van der Waals surface area contributed by atoms with Gasteiger partial charge in [0.05, 0.1) is 8.07 Å². The van der Waals surface area contributed by atoms with Gasteiger partial charge in [-0.25, -0.2) is 0 Å². The van der Waals surface area contributed by atoms with E-state index in [4.69, 9.17) is 4.74 Å². The van der Waals surface area contributed by atoms with Crippen molar-refractivity contribution in [3.05, 3.63) is 0 Å². The Morgan fingerprint density at radius 1 is 0.895 bits per heavy atom. The monoisotopic (exact) mass is 284 g/mol. The molecule has 0 saturated heterocycles. The summed E-state index contributed by atoms with van der Waals surface area (Å²) >= 11 is 0. The van der Waals surface area contributed by atoms with Crippen molar-refractivity contribution in [2.24, 2.45) is 5.92 Å². The average Bonchev–Trinajstić information content (AvgIpc) is 2.80. The molecule has 0 N–H and O–H groups in total. The fraction of sp³-hybridized carbons (Fsp3) is 1.00. The number of rotatable bonds is 8. The Labute approximate surface area is 122 Å². The highest BCUT2D eigenvalue weighted by molar-refractivity contribution is 6.83. The molecule has 1 nitrogen and oxygen atoms in total. The van der Waals surface area contributed by atoms with Crippen molar-refractivity contribution < 1.29 is 4.74 Å². The van der Waals surface area contributed by atoms with Crippen LogP contribution in [-0.4, -0.2) is 21.3 Å². The van der Waals surface area contributed by atoms with Crippen molar-refractivity contribution in [1.82, 2.24) is 0 Å². The minimum Gasteiger partial charge on any atom is -0.381 e. The molecule has 1 aliphatic rings. The molecule has 0 heterocycles. The van der Waals surface area contributed by atoms with Crippen LogP contribution in [0.1, 0.15) is 67.2 Å². The lowest BCUT2D eigenvalue weighted by molar-refractivity contribution is 0.111. The van der Waals surface area contributed by atoms with Crippen molar-refractivity contribution in [2.45, 2.75) is 89.9 Å². The fourth-order valence-electron chi connectivity index (χ4n) is 4.54. The molecule has 0 aliphatic heterocycles. The van der Waals surface area contributed by atoms with Gasteiger partial charge in [-0.2, -0.15) is 0 Å². The van der Waals surface area contributed by atoms with Crippen LogP contribution >= 0.6 is 0 Å². The molecule has 1 rings (SSSR count). The molecular weight excluding hydrogens is 248 g/mol. The lowest BCUT2D eigenvalue weighted by atomic mass is 10.1. The fourth-order valence-corrected chi connectivity index (χ4v) is 10.8. The van der Waals surface area contributed by atoms with Crippen molar-refractivity contribution >= 4 is 8.07 Å². The summed E-state index contributed by atoms with van der Waals surface area (Å²) < 4.78 is 6.06. The van der Waals surface area contributed by atoms with Crippen LogP contribution in [-0.2, 0) is 4.74 Å². The van der Waals surface area contributed by atoms with Gasteiger partial charge in [-0.1, -0.05) is 71.0 Å². The quantitative estimate of drug-likeness (QED) is 0.400. The van der Waals surface area contributed by atoms with Crippen LogP contribution in [0.5, 0.6) is 0 Å². The molecule has 0 aromatic rings. The van der Waals surface area contributed by atoms with E-state index in [1.54, 1.807) is 0 Å². The zero-order chi connectivity index (χ0) is 14.5. The van der Waals surface area contributed by atoms with Gasteiger partial charge in [-0.15, -0.1) is 0 Å². The molecule has 0 spiro atoms. The van der Waals surface area contributed by atoms with Crippen LogP contribution in [0.4, 0.5) is 0 Å². The van der Waals surface area contributed by atoms with Crippen molar-refractivity contribution in [2.75, 3.05) is 13.2 Å². The Balaban J connectivity index is 2.43. The van der Waals surface area contributed by atoms with Crippen molar-refractivity contribution in [3.63, 3.8) is 0 Å². The van der Waals surface area contributed by atoms with E-state index in [1.165, 1.54) is 31.7 Å². The van der Waals surface area contributed by atoms with E-state index >= 15 is 0 Å². The molecule has 0 atom stereocenters. The second-order valence-electron chi connectivity index (χ2n) is 7.55. The van der Waals surface area contributed by atoms with Gasteiger partial charge in [0.2, 0.25) is 0 Å². The SMILES string of the molecule is CC(C)[Si](CCOCC1CCCC1)(C(C)C)C(C)C. The van der Waals surface area contributed by atoms with Crippen LogP contribution in [0.25, 0.3) is 0 Å². The third kappa shape index (κ3) is 4.32. The third-order valence-corrected chi connectivity index (χ3v) is 13.3. The first kappa shape index (κ1) is 17.2. The molecule has 1 aliphatic carbocycles. The molecule has 0 unspecified atom stereocenters. The zero-order valence-electron chi connectivity index (χ0n) is 14.2. The highest BCUT2D eigenvalue weighted by Crippen LogP contribution is 2.44. The van der Waals surface area contributed by atoms with Gasteiger partial charge in [0.1, 0.15) is 0 Å². The minimum absolute atomic E-state index is 0.864. The standard InChI is InChI=1S/C17H36OSi/c1-14(2)19(15(3)4,16(5)6)12-11-18-13-17-9-7-8-10-17/h14-17H,7-13H2,1-6H3. The van der Waals surface area contributed by atoms with Crippen LogP contribution in [0.15, 0.2) is 0 Å². The number of hydrogen-bond donors (Lipinski definition) is 0. The van der Waals surface area contributed by atoms with Crippen LogP contribution in [0, 0.1) is 5.92 Å².